The summed E-state index contributed by atoms with van der Waals surface area (Å²) in [7, 11) is 3.38. The summed E-state index contributed by atoms with van der Waals surface area (Å²) in [4.78, 5) is 31.7. The highest BCUT2D eigenvalue weighted by Gasteiger charge is 2.24. The highest BCUT2D eigenvalue weighted by atomic mass is 16.6. The van der Waals surface area contributed by atoms with Crippen molar-refractivity contribution in [2.45, 2.75) is 39.3 Å². The molecule has 1 aliphatic heterocycles. The molecule has 252 valence electrons. The minimum absolute atomic E-state index is 0.0114. The molecule has 6 rings (SSSR count). The summed E-state index contributed by atoms with van der Waals surface area (Å²) in [6, 6.07) is 34.7. The Kier molecular flexibility index (Phi) is 9.48. The van der Waals surface area contributed by atoms with Gasteiger partial charge in [-0.2, -0.15) is 0 Å². The predicted octanol–water partition coefficient (Wildman–Crippen LogP) is 8.42. The number of benzene rings is 5. The molecule has 7 nitrogen and oxygen atoms in total. The third-order valence-corrected chi connectivity index (χ3v) is 9.30. The number of amides is 1. The summed E-state index contributed by atoms with van der Waals surface area (Å²) in [6.45, 7) is 11.6. The lowest BCUT2D eigenvalue weighted by molar-refractivity contribution is 0.00694. The number of aromatic hydroxyl groups is 1. The van der Waals surface area contributed by atoms with Gasteiger partial charge < -0.3 is 19.6 Å². The lowest BCUT2D eigenvalue weighted by Gasteiger charge is -2.39. The summed E-state index contributed by atoms with van der Waals surface area (Å²) in [5.41, 5.74) is 6.90. The SMILES string of the molecule is CC(c1ccc(-c2ccc(-c3cc(C(=O)N(C)C)c(O)c4ccccc34)cc2)cc1)N1CCN(c2ccc(C(=O)OC(C)(C)C)cc2)CC1. The van der Waals surface area contributed by atoms with Crippen molar-refractivity contribution in [3.63, 3.8) is 0 Å². The van der Waals surface area contributed by atoms with E-state index in [1.54, 1.807) is 20.2 Å². The third-order valence-electron chi connectivity index (χ3n) is 9.30. The molecule has 0 radical (unpaired) electrons. The van der Waals surface area contributed by atoms with Crippen molar-refractivity contribution in [2.24, 2.45) is 0 Å². The van der Waals surface area contributed by atoms with Gasteiger partial charge >= 0.3 is 5.97 Å². The minimum Gasteiger partial charge on any atom is -0.506 e. The van der Waals surface area contributed by atoms with Gasteiger partial charge in [-0.3, -0.25) is 9.69 Å². The number of fused-ring (bicyclic) bond motifs is 1. The molecular weight excluding hydrogens is 610 g/mol. The van der Waals surface area contributed by atoms with Crippen LogP contribution in [0.25, 0.3) is 33.0 Å². The van der Waals surface area contributed by atoms with Crippen molar-refractivity contribution < 1.29 is 19.4 Å². The number of anilines is 1. The molecule has 1 N–H and O–H groups in total. The normalized spacial score (nSPS) is 14.4. The van der Waals surface area contributed by atoms with Crippen LogP contribution in [0.3, 0.4) is 0 Å². The molecule has 5 aromatic carbocycles. The Hall–Kier alpha value is -5.14. The van der Waals surface area contributed by atoms with Crippen LogP contribution < -0.4 is 4.90 Å². The Labute approximate surface area is 289 Å². The van der Waals surface area contributed by atoms with Gasteiger partial charge in [0, 0.05) is 57.4 Å². The second-order valence-electron chi connectivity index (χ2n) is 14.0. The van der Waals surface area contributed by atoms with Crippen molar-refractivity contribution >= 4 is 28.3 Å². The van der Waals surface area contributed by atoms with E-state index < -0.39 is 5.60 Å². The zero-order valence-corrected chi connectivity index (χ0v) is 29.2. The number of carbonyl (C=O) groups is 2. The van der Waals surface area contributed by atoms with E-state index in [0.717, 1.165) is 59.5 Å². The minimum atomic E-state index is -0.512. The predicted molar refractivity (Wildman–Crippen MR) is 198 cm³/mol. The van der Waals surface area contributed by atoms with Crippen LogP contribution in [0.1, 0.15) is 60.0 Å². The van der Waals surface area contributed by atoms with Crippen LogP contribution in [-0.2, 0) is 4.74 Å². The molecule has 49 heavy (non-hydrogen) atoms. The lowest BCUT2D eigenvalue weighted by Crippen LogP contribution is -2.47. The molecule has 1 unspecified atom stereocenters. The molecule has 0 saturated carbocycles. The standard InChI is InChI=1S/C42H45N3O4/c1-28(44-23-25-45(26-24-44)34-21-19-33(20-22-34)41(48)49-42(2,3)4)29-11-13-30(14-12-29)31-15-17-32(18-16-31)37-27-38(40(47)43(5)6)39(46)36-10-8-7-9-35(36)37/h7-22,27-28,46H,23-26H2,1-6H3. The van der Waals surface area contributed by atoms with Gasteiger partial charge in [-0.1, -0.05) is 72.8 Å². The fourth-order valence-corrected chi connectivity index (χ4v) is 6.52. The van der Waals surface area contributed by atoms with E-state index in [0.29, 0.717) is 16.5 Å². The van der Waals surface area contributed by atoms with Crippen molar-refractivity contribution in [3.8, 4) is 28.0 Å². The van der Waals surface area contributed by atoms with Crippen molar-refractivity contribution in [1.29, 1.82) is 0 Å². The topological polar surface area (TPSA) is 73.3 Å². The number of phenols is 1. The van der Waals surface area contributed by atoms with Gasteiger partial charge in [-0.05, 0) is 91.2 Å². The van der Waals surface area contributed by atoms with E-state index in [4.69, 9.17) is 4.74 Å². The molecule has 1 saturated heterocycles. The van der Waals surface area contributed by atoms with Crippen molar-refractivity contribution in [2.75, 3.05) is 45.2 Å². The Morgan fingerprint density at radius 3 is 1.88 bits per heavy atom. The summed E-state index contributed by atoms with van der Waals surface area (Å²) in [6.07, 6.45) is 0. The average molecular weight is 656 g/mol. The molecule has 0 aliphatic carbocycles. The second kappa shape index (κ2) is 13.8. The van der Waals surface area contributed by atoms with Gasteiger partial charge in [0.05, 0.1) is 11.1 Å². The van der Waals surface area contributed by atoms with Crippen LogP contribution in [0.2, 0.25) is 0 Å². The number of hydrogen-bond acceptors (Lipinski definition) is 6. The second-order valence-corrected chi connectivity index (χ2v) is 14.0. The van der Waals surface area contributed by atoms with Gasteiger partial charge in [-0.15, -0.1) is 0 Å². The fourth-order valence-electron chi connectivity index (χ4n) is 6.52. The largest absolute Gasteiger partial charge is 0.506 e. The number of nitrogens with zero attached hydrogens (tertiary/aromatic N) is 3. The van der Waals surface area contributed by atoms with Crippen LogP contribution in [0.4, 0.5) is 5.69 Å². The van der Waals surface area contributed by atoms with Gasteiger partial charge in [0.1, 0.15) is 11.4 Å². The average Bonchev–Trinajstić information content (AvgIpc) is 3.11. The molecule has 0 spiro atoms. The van der Waals surface area contributed by atoms with E-state index in [1.165, 1.54) is 10.5 Å². The van der Waals surface area contributed by atoms with Crippen LogP contribution in [0.15, 0.2) is 103 Å². The Morgan fingerprint density at radius 1 is 0.755 bits per heavy atom. The number of carbonyl (C=O) groups excluding carboxylic acids is 2. The Balaban J connectivity index is 1.11. The molecule has 0 bridgehead atoms. The van der Waals surface area contributed by atoms with Crippen LogP contribution in [0.5, 0.6) is 5.75 Å². The maximum Gasteiger partial charge on any atom is 0.338 e. The molecule has 1 atom stereocenters. The summed E-state index contributed by atoms with van der Waals surface area (Å²) in [5, 5.41) is 12.5. The van der Waals surface area contributed by atoms with Crippen LogP contribution in [0, 0.1) is 0 Å². The first-order valence-electron chi connectivity index (χ1n) is 16.9. The van der Waals surface area contributed by atoms with Crippen LogP contribution in [-0.4, -0.2) is 72.7 Å². The number of phenolic OH excluding ortho intramolecular Hbond substituents is 1. The molecule has 1 aliphatic rings. The first kappa shape index (κ1) is 33.7. The number of esters is 1. The van der Waals surface area contributed by atoms with E-state index in [2.05, 4.69) is 65.3 Å². The molecule has 7 heteroatoms. The quantitative estimate of drug-likeness (QED) is 0.178. The van der Waals surface area contributed by atoms with Crippen LogP contribution >= 0.6 is 0 Å². The van der Waals surface area contributed by atoms with E-state index in [1.807, 2.05) is 69.3 Å². The van der Waals surface area contributed by atoms with E-state index >= 15 is 0 Å². The molecule has 0 aromatic heterocycles. The zero-order valence-electron chi connectivity index (χ0n) is 29.2. The van der Waals surface area contributed by atoms with Crippen molar-refractivity contribution in [3.05, 3.63) is 120 Å². The maximum absolute atomic E-state index is 12.9. The molecule has 5 aromatic rings. The van der Waals surface area contributed by atoms with Gasteiger partial charge in [0.25, 0.3) is 5.91 Å². The molecular formula is C42H45N3O4. The first-order valence-corrected chi connectivity index (χ1v) is 16.9. The highest BCUT2D eigenvalue weighted by molar-refractivity contribution is 6.09. The first-order chi connectivity index (χ1) is 23.4. The number of hydrogen-bond donors (Lipinski definition) is 1. The Morgan fingerprint density at radius 2 is 1.31 bits per heavy atom. The van der Waals surface area contributed by atoms with Crippen molar-refractivity contribution in [1.82, 2.24) is 9.80 Å². The smallest absolute Gasteiger partial charge is 0.338 e. The monoisotopic (exact) mass is 655 g/mol. The third kappa shape index (κ3) is 7.32. The number of ether oxygens (including phenoxy) is 1. The molecule has 1 fully saturated rings. The van der Waals surface area contributed by atoms with E-state index in [9.17, 15) is 14.7 Å². The van der Waals surface area contributed by atoms with Gasteiger partial charge in [0.2, 0.25) is 0 Å². The highest BCUT2D eigenvalue weighted by Crippen LogP contribution is 2.38. The summed E-state index contributed by atoms with van der Waals surface area (Å²) in [5.74, 6) is -0.516. The molecule has 1 heterocycles. The maximum atomic E-state index is 12.9. The zero-order chi connectivity index (χ0) is 34.9. The molecule has 1 amide bonds. The number of rotatable bonds is 7. The van der Waals surface area contributed by atoms with Gasteiger partial charge in [-0.25, -0.2) is 4.79 Å². The summed E-state index contributed by atoms with van der Waals surface area (Å²) < 4.78 is 5.50. The fraction of sp³-hybridized carbons (Fsp3) is 0.286. The van der Waals surface area contributed by atoms with Gasteiger partial charge in [0.15, 0.2) is 0 Å². The van der Waals surface area contributed by atoms with E-state index in [-0.39, 0.29) is 23.7 Å². The number of piperazine rings is 1. The Bertz CT molecular complexity index is 1950. The lowest BCUT2D eigenvalue weighted by atomic mass is 9.93. The summed E-state index contributed by atoms with van der Waals surface area (Å²) >= 11 is 0.